The maximum absolute atomic E-state index is 5.83. The Morgan fingerprint density at radius 2 is 2.09 bits per heavy atom. The number of guanidine groups is 1. The van der Waals surface area contributed by atoms with Gasteiger partial charge in [-0.15, -0.1) is 24.0 Å². The standard InChI is InChI=1S/C16H28N4O.HI/c1-4-5-6-7-10-18-16(17)20-12-14-8-9-15(19-11-14)21-13(2)3;/h8-9,11,13H,4-7,10,12H2,1-3H3,(H3,17,18,20);1H. The molecule has 1 aromatic rings. The normalized spacial score (nSPS) is 11.2. The van der Waals surface area contributed by atoms with Crippen LogP contribution in [0.3, 0.4) is 0 Å². The highest BCUT2D eigenvalue weighted by Crippen LogP contribution is 2.10. The Morgan fingerprint density at radius 1 is 1.32 bits per heavy atom. The van der Waals surface area contributed by atoms with Gasteiger partial charge >= 0.3 is 0 Å². The van der Waals surface area contributed by atoms with Crippen LogP contribution in [-0.2, 0) is 6.54 Å². The first-order valence-electron chi connectivity index (χ1n) is 7.77. The van der Waals surface area contributed by atoms with Crippen LogP contribution in [0.15, 0.2) is 23.3 Å². The van der Waals surface area contributed by atoms with E-state index in [9.17, 15) is 0 Å². The molecule has 0 saturated carbocycles. The number of nitrogens with one attached hydrogen (secondary N) is 1. The molecule has 0 amide bonds. The molecule has 0 unspecified atom stereocenters. The molecule has 0 bridgehead atoms. The van der Waals surface area contributed by atoms with Gasteiger partial charge in [0.2, 0.25) is 5.88 Å². The number of hydrogen-bond acceptors (Lipinski definition) is 3. The Balaban J connectivity index is 0.00000441. The lowest BCUT2D eigenvalue weighted by Gasteiger charge is -2.08. The highest BCUT2D eigenvalue weighted by Gasteiger charge is 1.99. The molecule has 0 radical (unpaired) electrons. The van der Waals surface area contributed by atoms with Crippen molar-refractivity contribution in [3.05, 3.63) is 23.9 Å². The molecule has 5 nitrogen and oxygen atoms in total. The largest absolute Gasteiger partial charge is 0.475 e. The Labute approximate surface area is 151 Å². The molecule has 1 heterocycles. The van der Waals surface area contributed by atoms with Gasteiger partial charge in [0.25, 0.3) is 0 Å². The van der Waals surface area contributed by atoms with E-state index in [4.69, 9.17) is 10.5 Å². The maximum atomic E-state index is 5.83. The van der Waals surface area contributed by atoms with Crippen molar-refractivity contribution >= 4 is 29.9 Å². The van der Waals surface area contributed by atoms with Gasteiger partial charge in [-0.2, -0.15) is 0 Å². The number of rotatable bonds is 9. The molecule has 1 rings (SSSR count). The molecule has 0 atom stereocenters. The number of hydrogen-bond donors (Lipinski definition) is 2. The molecule has 6 heteroatoms. The van der Waals surface area contributed by atoms with Gasteiger partial charge in [0.15, 0.2) is 5.96 Å². The molecule has 0 aliphatic rings. The number of nitrogens with zero attached hydrogens (tertiary/aromatic N) is 2. The van der Waals surface area contributed by atoms with Gasteiger partial charge in [-0.1, -0.05) is 32.3 Å². The number of pyridine rings is 1. The van der Waals surface area contributed by atoms with Gasteiger partial charge in [-0.25, -0.2) is 9.98 Å². The van der Waals surface area contributed by atoms with Crippen molar-refractivity contribution in [1.29, 1.82) is 0 Å². The average Bonchev–Trinajstić information content (AvgIpc) is 2.46. The van der Waals surface area contributed by atoms with Crippen molar-refractivity contribution in [3.8, 4) is 5.88 Å². The first-order chi connectivity index (χ1) is 10.1. The molecule has 22 heavy (non-hydrogen) atoms. The Morgan fingerprint density at radius 3 is 2.68 bits per heavy atom. The number of nitrogens with two attached hydrogens (primary N) is 1. The summed E-state index contributed by atoms with van der Waals surface area (Å²) in [4.78, 5) is 8.55. The van der Waals surface area contributed by atoms with E-state index in [0.717, 1.165) is 18.5 Å². The monoisotopic (exact) mass is 420 g/mol. The van der Waals surface area contributed by atoms with Crippen LogP contribution >= 0.6 is 24.0 Å². The third-order valence-corrected chi connectivity index (χ3v) is 2.92. The summed E-state index contributed by atoms with van der Waals surface area (Å²) in [5.74, 6) is 1.13. The smallest absolute Gasteiger partial charge is 0.213 e. The molecule has 0 aliphatic carbocycles. The second-order valence-corrected chi connectivity index (χ2v) is 5.36. The fourth-order valence-electron chi connectivity index (χ4n) is 1.82. The summed E-state index contributed by atoms with van der Waals surface area (Å²) < 4.78 is 5.50. The molecule has 0 aromatic carbocycles. The molecule has 0 saturated heterocycles. The van der Waals surface area contributed by atoms with E-state index in [1.807, 2.05) is 26.0 Å². The van der Waals surface area contributed by atoms with Crippen molar-refractivity contribution in [2.24, 2.45) is 10.7 Å². The quantitative estimate of drug-likeness (QED) is 0.278. The van der Waals surface area contributed by atoms with Gasteiger partial charge in [-0.3, -0.25) is 0 Å². The second-order valence-electron chi connectivity index (χ2n) is 5.36. The van der Waals surface area contributed by atoms with E-state index in [0.29, 0.717) is 18.4 Å². The summed E-state index contributed by atoms with van der Waals surface area (Å²) in [6, 6.07) is 3.82. The van der Waals surface area contributed by atoms with Crippen LogP contribution in [-0.4, -0.2) is 23.6 Å². The van der Waals surface area contributed by atoms with Crippen molar-refractivity contribution in [2.45, 2.75) is 59.1 Å². The van der Waals surface area contributed by atoms with Crippen LogP contribution in [0.4, 0.5) is 0 Å². The summed E-state index contributed by atoms with van der Waals surface area (Å²) in [6.07, 6.45) is 6.79. The minimum atomic E-state index is 0. The lowest BCUT2D eigenvalue weighted by Crippen LogP contribution is -2.32. The summed E-state index contributed by atoms with van der Waals surface area (Å²) >= 11 is 0. The lowest BCUT2D eigenvalue weighted by molar-refractivity contribution is 0.232. The molecular weight excluding hydrogens is 391 g/mol. The first-order valence-corrected chi connectivity index (χ1v) is 7.77. The number of ether oxygens (including phenoxy) is 1. The van der Waals surface area contributed by atoms with Gasteiger partial charge in [-0.05, 0) is 25.8 Å². The molecule has 1 aromatic heterocycles. The van der Waals surface area contributed by atoms with Crippen molar-refractivity contribution in [3.63, 3.8) is 0 Å². The van der Waals surface area contributed by atoms with Crippen LogP contribution in [0, 0.1) is 0 Å². The van der Waals surface area contributed by atoms with E-state index >= 15 is 0 Å². The van der Waals surface area contributed by atoms with Crippen LogP contribution in [0.5, 0.6) is 5.88 Å². The van der Waals surface area contributed by atoms with Crippen LogP contribution in [0.1, 0.15) is 52.0 Å². The number of aromatic nitrogens is 1. The van der Waals surface area contributed by atoms with Crippen LogP contribution in [0.25, 0.3) is 0 Å². The summed E-state index contributed by atoms with van der Waals surface area (Å²) in [5.41, 5.74) is 6.84. The third kappa shape index (κ3) is 9.81. The second kappa shape index (κ2) is 12.5. The maximum Gasteiger partial charge on any atom is 0.213 e. The molecule has 0 aliphatic heterocycles. The van der Waals surface area contributed by atoms with E-state index in [-0.39, 0.29) is 30.1 Å². The van der Waals surface area contributed by atoms with E-state index in [1.54, 1.807) is 6.20 Å². The van der Waals surface area contributed by atoms with Crippen molar-refractivity contribution in [1.82, 2.24) is 10.3 Å². The van der Waals surface area contributed by atoms with E-state index < -0.39 is 0 Å². The highest BCUT2D eigenvalue weighted by molar-refractivity contribution is 14.0. The number of unbranched alkanes of at least 4 members (excludes halogenated alkanes) is 3. The minimum Gasteiger partial charge on any atom is -0.475 e. The highest BCUT2D eigenvalue weighted by atomic mass is 127. The van der Waals surface area contributed by atoms with Gasteiger partial charge in [0, 0.05) is 18.8 Å². The van der Waals surface area contributed by atoms with Gasteiger partial charge < -0.3 is 15.8 Å². The van der Waals surface area contributed by atoms with Crippen LogP contribution < -0.4 is 15.8 Å². The molecule has 126 valence electrons. The summed E-state index contributed by atoms with van der Waals surface area (Å²) in [7, 11) is 0. The Hall–Kier alpha value is -1.05. The lowest BCUT2D eigenvalue weighted by atomic mass is 10.2. The summed E-state index contributed by atoms with van der Waals surface area (Å²) in [6.45, 7) is 7.58. The van der Waals surface area contributed by atoms with E-state index in [2.05, 4.69) is 22.2 Å². The minimum absolute atomic E-state index is 0. The van der Waals surface area contributed by atoms with Gasteiger partial charge in [0.05, 0.1) is 12.6 Å². The van der Waals surface area contributed by atoms with Crippen molar-refractivity contribution in [2.75, 3.05) is 6.54 Å². The zero-order chi connectivity index (χ0) is 15.5. The number of halogens is 1. The van der Waals surface area contributed by atoms with Crippen LogP contribution in [0.2, 0.25) is 0 Å². The molecule has 0 spiro atoms. The predicted molar refractivity (Wildman–Crippen MR) is 103 cm³/mol. The first kappa shape index (κ1) is 20.9. The Bertz CT molecular complexity index is 421. The average molecular weight is 420 g/mol. The fraction of sp³-hybridized carbons (Fsp3) is 0.625. The third-order valence-electron chi connectivity index (χ3n) is 2.92. The zero-order valence-corrected chi connectivity index (χ0v) is 16.2. The van der Waals surface area contributed by atoms with Gasteiger partial charge in [0.1, 0.15) is 0 Å². The topological polar surface area (TPSA) is 72.5 Å². The fourth-order valence-corrected chi connectivity index (χ4v) is 1.82. The molecule has 3 N–H and O–H groups in total. The predicted octanol–water partition coefficient (Wildman–Crippen LogP) is 3.47. The molecular formula is C16H29IN4O. The molecule has 0 fully saturated rings. The SMILES string of the molecule is CCCCCCNC(N)=NCc1ccc(OC(C)C)nc1.I. The van der Waals surface area contributed by atoms with E-state index in [1.165, 1.54) is 19.3 Å². The zero-order valence-electron chi connectivity index (χ0n) is 13.8. The van der Waals surface area contributed by atoms with Crippen molar-refractivity contribution < 1.29 is 4.74 Å². The number of aliphatic imine (C=N–C) groups is 1. The Kier molecular flexibility index (Phi) is 11.9. The summed E-state index contributed by atoms with van der Waals surface area (Å²) in [5, 5.41) is 3.13.